The van der Waals surface area contributed by atoms with E-state index in [1.807, 2.05) is 19.1 Å². The fourth-order valence-corrected chi connectivity index (χ4v) is 1.32. The molecule has 3 nitrogen and oxygen atoms in total. The summed E-state index contributed by atoms with van der Waals surface area (Å²) < 4.78 is 0. The number of hydrogen-bond donors (Lipinski definition) is 2. The zero-order valence-corrected chi connectivity index (χ0v) is 8.82. The van der Waals surface area contributed by atoms with Gasteiger partial charge in [0, 0.05) is 5.56 Å². The second-order valence-corrected chi connectivity index (χ2v) is 3.51. The van der Waals surface area contributed by atoms with E-state index in [0.717, 1.165) is 11.1 Å². The highest BCUT2D eigenvalue weighted by atomic mass is 16.4. The summed E-state index contributed by atoms with van der Waals surface area (Å²) in [7, 11) is 0. The van der Waals surface area contributed by atoms with Gasteiger partial charge < -0.3 is 10.2 Å². The second kappa shape index (κ2) is 4.64. The lowest BCUT2D eigenvalue weighted by molar-refractivity contribution is -0.135. The molecule has 1 aromatic rings. The number of carboxylic acid groups (broad SMARTS) is 1. The Labute approximate surface area is 88.7 Å². The van der Waals surface area contributed by atoms with Gasteiger partial charge in [0.15, 0.2) is 0 Å². The average molecular weight is 206 g/mol. The van der Waals surface area contributed by atoms with Crippen LogP contribution in [0.2, 0.25) is 0 Å². The van der Waals surface area contributed by atoms with Gasteiger partial charge in [-0.1, -0.05) is 17.7 Å². The number of aryl methyl sites for hydroxylation is 1. The molecule has 15 heavy (non-hydrogen) atoms. The molecule has 80 valence electrons. The first-order valence-corrected chi connectivity index (χ1v) is 4.69. The molecule has 1 rings (SSSR count). The molecule has 0 unspecified atom stereocenters. The highest BCUT2D eigenvalue weighted by molar-refractivity contribution is 5.75. The third-order valence-electron chi connectivity index (χ3n) is 2.16. The van der Waals surface area contributed by atoms with Gasteiger partial charge in [0.1, 0.15) is 5.75 Å². The number of carbonyl (C=O) groups is 1. The predicted molar refractivity (Wildman–Crippen MR) is 58.7 cm³/mol. The van der Waals surface area contributed by atoms with Crippen LogP contribution < -0.4 is 0 Å². The number of phenols is 1. The number of carboxylic acids is 1. The Morgan fingerprint density at radius 3 is 2.73 bits per heavy atom. The zero-order chi connectivity index (χ0) is 11.4. The van der Waals surface area contributed by atoms with Gasteiger partial charge in [0.2, 0.25) is 0 Å². The lowest BCUT2D eigenvalue weighted by atomic mass is 10.0. The van der Waals surface area contributed by atoms with E-state index >= 15 is 0 Å². The SMILES string of the molecule is C/C(=C\CC(=O)O)c1cc(C)ccc1O. The Balaban J connectivity index is 2.99. The zero-order valence-electron chi connectivity index (χ0n) is 8.82. The monoisotopic (exact) mass is 206 g/mol. The van der Waals surface area contributed by atoms with Gasteiger partial charge in [-0.3, -0.25) is 4.79 Å². The second-order valence-electron chi connectivity index (χ2n) is 3.51. The van der Waals surface area contributed by atoms with Gasteiger partial charge in [-0.15, -0.1) is 0 Å². The topological polar surface area (TPSA) is 57.5 Å². The van der Waals surface area contributed by atoms with Crippen LogP contribution in [-0.2, 0) is 4.79 Å². The van der Waals surface area contributed by atoms with Crippen molar-refractivity contribution in [2.24, 2.45) is 0 Å². The minimum atomic E-state index is -0.874. The Hall–Kier alpha value is -1.77. The van der Waals surface area contributed by atoms with Gasteiger partial charge in [-0.05, 0) is 31.6 Å². The van der Waals surface area contributed by atoms with E-state index < -0.39 is 5.97 Å². The first-order valence-electron chi connectivity index (χ1n) is 4.69. The van der Waals surface area contributed by atoms with Crippen molar-refractivity contribution in [3.8, 4) is 5.75 Å². The number of benzene rings is 1. The smallest absolute Gasteiger partial charge is 0.307 e. The van der Waals surface area contributed by atoms with Crippen LogP contribution in [0.4, 0.5) is 0 Å². The lowest BCUT2D eigenvalue weighted by Gasteiger charge is -2.05. The molecule has 0 aromatic heterocycles. The number of hydrogen-bond acceptors (Lipinski definition) is 2. The summed E-state index contributed by atoms with van der Waals surface area (Å²) in [5.74, 6) is -0.693. The van der Waals surface area contributed by atoms with E-state index in [0.29, 0.717) is 5.56 Å². The van der Waals surface area contributed by atoms with Crippen molar-refractivity contribution >= 4 is 11.5 Å². The summed E-state index contributed by atoms with van der Waals surface area (Å²) in [6.45, 7) is 3.71. The molecule has 0 saturated carbocycles. The van der Waals surface area contributed by atoms with E-state index in [9.17, 15) is 9.90 Å². The number of phenolic OH excluding ortho intramolecular Hbond substituents is 1. The van der Waals surface area contributed by atoms with Crippen LogP contribution in [0, 0.1) is 6.92 Å². The van der Waals surface area contributed by atoms with Gasteiger partial charge in [-0.2, -0.15) is 0 Å². The van der Waals surface area contributed by atoms with Gasteiger partial charge in [-0.25, -0.2) is 0 Å². The van der Waals surface area contributed by atoms with E-state index in [-0.39, 0.29) is 12.2 Å². The standard InChI is InChI=1S/C12H14O3/c1-8-3-5-11(13)10(7-8)9(2)4-6-12(14)15/h3-5,7,13H,6H2,1-2H3,(H,14,15)/b9-4+. The molecule has 0 radical (unpaired) electrons. The van der Waals surface area contributed by atoms with Gasteiger partial charge in [0.25, 0.3) is 0 Å². The van der Waals surface area contributed by atoms with Gasteiger partial charge in [0.05, 0.1) is 6.42 Å². The third-order valence-corrected chi connectivity index (χ3v) is 2.16. The molecule has 0 fully saturated rings. The van der Waals surface area contributed by atoms with Crippen molar-refractivity contribution in [3.63, 3.8) is 0 Å². The first-order chi connectivity index (χ1) is 7.00. The van der Waals surface area contributed by atoms with E-state index in [1.54, 1.807) is 19.1 Å². The number of aliphatic carboxylic acids is 1. The molecule has 0 atom stereocenters. The minimum absolute atomic E-state index is 0.0286. The van der Waals surface area contributed by atoms with Crippen LogP contribution >= 0.6 is 0 Å². The van der Waals surface area contributed by atoms with Crippen molar-refractivity contribution in [1.29, 1.82) is 0 Å². The summed E-state index contributed by atoms with van der Waals surface area (Å²) in [6.07, 6.45) is 1.57. The minimum Gasteiger partial charge on any atom is -0.507 e. The highest BCUT2D eigenvalue weighted by Crippen LogP contribution is 2.25. The normalized spacial score (nSPS) is 11.5. The molecule has 0 spiro atoms. The maximum Gasteiger partial charge on any atom is 0.307 e. The van der Waals surface area contributed by atoms with Crippen LogP contribution in [0.15, 0.2) is 24.3 Å². The molecular formula is C12H14O3. The Morgan fingerprint density at radius 1 is 1.47 bits per heavy atom. The summed E-state index contributed by atoms with van der Waals surface area (Å²) in [5.41, 5.74) is 2.50. The Morgan fingerprint density at radius 2 is 2.13 bits per heavy atom. The van der Waals surface area contributed by atoms with E-state index in [1.165, 1.54) is 0 Å². The number of rotatable bonds is 3. The average Bonchev–Trinajstić information content (AvgIpc) is 2.18. The summed E-state index contributed by atoms with van der Waals surface area (Å²) in [4.78, 5) is 10.4. The summed E-state index contributed by atoms with van der Waals surface area (Å²) >= 11 is 0. The molecule has 0 heterocycles. The van der Waals surface area contributed by atoms with Crippen molar-refractivity contribution < 1.29 is 15.0 Å². The molecule has 0 saturated heterocycles. The molecule has 1 aromatic carbocycles. The van der Waals surface area contributed by atoms with E-state index in [2.05, 4.69) is 0 Å². The molecule has 0 aliphatic carbocycles. The van der Waals surface area contributed by atoms with Crippen LogP contribution in [-0.4, -0.2) is 16.2 Å². The van der Waals surface area contributed by atoms with Crippen molar-refractivity contribution in [2.45, 2.75) is 20.3 Å². The summed E-state index contributed by atoms with van der Waals surface area (Å²) in [5, 5.41) is 18.1. The maximum absolute atomic E-state index is 10.4. The predicted octanol–water partition coefficient (Wildman–Crippen LogP) is 2.58. The number of allylic oxidation sites excluding steroid dienone is 1. The molecular weight excluding hydrogens is 192 g/mol. The molecule has 0 aliphatic rings. The van der Waals surface area contributed by atoms with Crippen molar-refractivity contribution in [1.82, 2.24) is 0 Å². The quantitative estimate of drug-likeness (QED) is 0.799. The maximum atomic E-state index is 10.4. The highest BCUT2D eigenvalue weighted by Gasteiger charge is 2.03. The molecule has 2 N–H and O–H groups in total. The third kappa shape index (κ3) is 3.13. The Bertz CT molecular complexity index is 405. The lowest BCUT2D eigenvalue weighted by Crippen LogP contribution is -1.91. The molecule has 0 aliphatic heterocycles. The largest absolute Gasteiger partial charge is 0.507 e. The van der Waals surface area contributed by atoms with Crippen LogP contribution in [0.3, 0.4) is 0 Å². The fraction of sp³-hybridized carbons (Fsp3) is 0.250. The van der Waals surface area contributed by atoms with Crippen molar-refractivity contribution in [2.75, 3.05) is 0 Å². The van der Waals surface area contributed by atoms with Crippen molar-refractivity contribution in [3.05, 3.63) is 35.4 Å². The van der Waals surface area contributed by atoms with Crippen LogP contribution in [0.1, 0.15) is 24.5 Å². The number of aromatic hydroxyl groups is 1. The van der Waals surface area contributed by atoms with Crippen LogP contribution in [0.5, 0.6) is 5.75 Å². The summed E-state index contributed by atoms with van der Waals surface area (Å²) in [6, 6.07) is 5.26. The molecule has 0 amide bonds. The fourth-order valence-electron chi connectivity index (χ4n) is 1.32. The molecule has 0 bridgehead atoms. The first kappa shape index (κ1) is 11.3. The van der Waals surface area contributed by atoms with E-state index in [4.69, 9.17) is 5.11 Å². The Kier molecular flexibility index (Phi) is 3.50. The molecule has 3 heteroatoms. The van der Waals surface area contributed by atoms with Gasteiger partial charge >= 0.3 is 5.97 Å². The van der Waals surface area contributed by atoms with Crippen LogP contribution in [0.25, 0.3) is 5.57 Å².